The number of rotatable bonds is 5. The van der Waals surface area contributed by atoms with E-state index in [1.165, 1.54) is 7.11 Å². The van der Waals surface area contributed by atoms with E-state index in [-0.39, 0.29) is 17.8 Å². The number of esters is 1. The average Bonchev–Trinajstić information content (AvgIpc) is 2.69. The summed E-state index contributed by atoms with van der Waals surface area (Å²) >= 11 is 0. The number of carbonyl (C=O) groups is 2. The summed E-state index contributed by atoms with van der Waals surface area (Å²) in [5.41, 5.74) is 2.79. The molecule has 152 valence electrons. The number of ether oxygens (including phenoxy) is 2. The molecule has 1 aromatic carbocycles. The number of Topliss-reactive ketones (excluding diaryl/α,β-unsaturated/α-hetero) is 1. The first-order valence-corrected chi connectivity index (χ1v) is 9.89. The van der Waals surface area contributed by atoms with E-state index in [0.717, 1.165) is 17.7 Å². The molecule has 2 unspecified atom stereocenters. The average molecular weight is 393 g/mol. The molecule has 1 aliphatic carbocycles. The number of carbonyl (C=O) groups excluding carboxylic acids is 2. The van der Waals surface area contributed by atoms with E-state index in [9.17, 15) is 9.59 Å². The van der Waals surface area contributed by atoms with Gasteiger partial charge in [0.05, 0.1) is 24.3 Å². The van der Waals surface area contributed by atoms with Crippen LogP contribution in [0.25, 0.3) is 0 Å². The van der Waals surface area contributed by atoms with Gasteiger partial charge in [-0.3, -0.25) is 9.79 Å². The lowest BCUT2D eigenvalue weighted by atomic mass is 9.63. The molecule has 0 aromatic heterocycles. The highest BCUT2D eigenvalue weighted by molar-refractivity contribution is 6.12. The van der Waals surface area contributed by atoms with Gasteiger partial charge in [-0.2, -0.15) is 0 Å². The van der Waals surface area contributed by atoms with Gasteiger partial charge in [-0.1, -0.05) is 38.8 Å². The van der Waals surface area contributed by atoms with Crippen molar-refractivity contribution in [3.63, 3.8) is 0 Å². The van der Waals surface area contributed by atoms with Crippen LogP contribution in [0.2, 0.25) is 0 Å². The third-order valence-electron chi connectivity index (χ3n) is 5.55. The fourth-order valence-electron chi connectivity index (χ4n) is 4.38. The Bertz CT molecular complexity index is 915. The molecule has 1 aromatic rings. The van der Waals surface area contributed by atoms with Crippen LogP contribution in [0.5, 0.6) is 5.75 Å². The van der Waals surface area contributed by atoms with Crippen LogP contribution in [0.3, 0.4) is 0 Å². The maximum absolute atomic E-state index is 13.2. The van der Waals surface area contributed by atoms with Gasteiger partial charge in [-0.05, 0) is 36.0 Å². The Hall–Kier alpha value is -2.87. The minimum Gasteiger partial charge on any atom is -0.481 e. The molecule has 1 fully saturated rings. The van der Waals surface area contributed by atoms with Crippen molar-refractivity contribution in [2.24, 2.45) is 16.3 Å². The highest BCUT2D eigenvalue weighted by atomic mass is 16.5. The van der Waals surface area contributed by atoms with Crippen molar-refractivity contribution in [1.82, 2.24) is 0 Å². The molecule has 0 saturated heterocycles. The number of hydrogen-bond donors (Lipinski definition) is 0. The van der Waals surface area contributed by atoms with Gasteiger partial charge in [-0.15, -0.1) is 6.42 Å². The monoisotopic (exact) mass is 393 g/mol. The highest BCUT2D eigenvalue weighted by Gasteiger charge is 2.47. The van der Waals surface area contributed by atoms with E-state index >= 15 is 0 Å². The van der Waals surface area contributed by atoms with Crippen LogP contribution in [0.4, 0.5) is 0 Å². The minimum atomic E-state index is -0.440. The van der Waals surface area contributed by atoms with Crippen molar-refractivity contribution < 1.29 is 19.1 Å². The summed E-state index contributed by atoms with van der Waals surface area (Å²) in [5.74, 6) is 1.92. The van der Waals surface area contributed by atoms with Crippen molar-refractivity contribution in [3.05, 3.63) is 41.1 Å². The summed E-state index contributed by atoms with van der Waals surface area (Å²) in [6, 6.07) is 7.41. The first kappa shape index (κ1) is 20.9. The summed E-state index contributed by atoms with van der Waals surface area (Å²) in [6.45, 7) is 6.32. The second kappa shape index (κ2) is 8.24. The number of benzene rings is 1. The smallest absolute Gasteiger partial charge is 0.336 e. The van der Waals surface area contributed by atoms with E-state index in [1.807, 2.05) is 31.2 Å². The zero-order valence-electron chi connectivity index (χ0n) is 17.5. The van der Waals surface area contributed by atoms with Crippen molar-refractivity contribution in [3.8, 4) is 18.1 Å². The van der Waals surface area contributed by atoms with Gasteiger partial charge in [0.1, 0.15) is 18.1 Å². The molecule has 1 heterocycles. The van der Waals surface area contributed by atoms with Crippen LogP contribution >= 0.6 is 0 Å². The molecule has 0 N–H and O–H groups in total. The standard InChI is InChI=1S/C24H27NO4/c1-6-12-29-16-10-8-15(9-11-16)20-21-18(13-24(3,4)14-19(21)26)25-17(7-2)22(20)23(27)28-5/h1,8-11,20-21H,7,12-14H2,2-5H3. The van der Waals surface area contributed by atoms with Crippen molar-refractivity contribution in [2.75, 3.05) is 13.7 Å². The van der Waals surface area contributed by atoms with Crippen molar-refractivity contribution >= 4 is 17.5 Å². The van der Waals surface area contributed by atoms with Gasteiger partial charge in [-0.25, -0.2) is 4.79 Å². The molecular weight excluding hydrogens is 366 g/mol. The minimum absolute atomic E-state index is 0.120. The molecular formula is C24H27NO4. The number of methoxy groups -OCH3 is 1. The molecule has 1 aliphatic heterocycles. The maximum Gasteiger partial charge on any atom is 0.336 e. The molecule has 2 aliphatic rings. The van der Waals surface area contributed by atoms with E-state index in [4.69, 9.17) is 20.9 Å². The molecule has 29 heavy (non-hydrogen) atoms. The molecule has 2 atom stereocenters. The normalized spacial score (nSPS) is 23.0. The van der Waals surface area contributed by atoms with E-state index in [1.54, 1.807) is 0 Å². The van der Waals surface area contributed by atoms with Crippen LogP contribution in [-0.4, -0.2) is 31.2 Å². The number of nitrogens with zero attached hydrogens (tertiary/aromatic N) is 1. The van der Waals surface area contributed by atoms with Gasteiger partial charge in [0.2, 0.25) is 0 Å². The first-order valence-electron chi connectivity index (χ1n) is 9.89. The number of allylic oxidation sites excluding steroid dienone is 1. The van der Waals surface area contributed by atoms with Gasteiger partial charge >= 0.3 is 5.97 Å². The largest absolute Gasteiger partial charge is 0.481 e. The zero-order valence-corrected chi connectivity index (χ0v) is 17.5. The lowest BCUT2D eigenvalue weighted by Crippen LogP contribution is -2.44. The number of aliphatic imine (C=N–C) groups is 1. The maximum atomic E-state index is 13.2. The topological polar surface area (TPSA) is 65.0 Å². The molecule has 5 heteroatoms. The fraction of sp³-hybridized carbons (Fsp3) is 0.458. The summed E-state index contributed by atoms with van der Waals surface area (Å²) in [6.07, 6.45) is 7.04. The van der Waals surface area contributed by atoms with E-state index in [2.05, 4.69) is 19.8 Å². The first-order chi connectivity index (χ1) is 13.8. The SMILES string of the molecule is C#CCOc1ccc(C2C(C(=O)OC)=C(CC)N=C3CC(C)(C)CC(=O)C32)cc1. The van der Waals surface area contributed by atoms with Crippen molar-refractivity contribution in [2.45, 2.75) is 46.0 Å². The van der Waals surface area contributed by atoms with E-state index in [0.29, 0.717) is 29.9 Å². The van der Waals surface area contributed by atoms with Gasteiger partial charge < -0.3 is 9.47 Å². The molecule has 0 bridgehead atoms. The number of hydrogen-bond acceptors (Lipinski definition) is 5. The van der Waals surface area contributed by atoms with Crippen LogP contribution in [0.15, 0.2) is 40.5 Å². The molecule has 0 spiro atoms. The zero-order chi connectivity index (χ0) is 21.2. The predicted molar refractivity (Wildman–Crippen MR) is 112 cm³/mol. The third kappa shape index (κ3) is 4.12. The highest BCUT2D eigenvalue weighted by Crippen LogP contribution is 2.47. The van der Waals surface area contributed by atoms with Gasteiger partial charge in [0.25, 0.3) is 0 Å². The third-order valence-corrected chi connectivity index (χ3v) is 5.55. The fourth-order valence-corrected chi connectivity index (χ4v) is 4.38. The number of terminal acetylenes is 1. The summed E-state index contributed by atoms with van der Waals surface area (Å²) in [7, 11) is 1.36. The Morgan fingerprint density at radius 1 is 1.24 bits per heavy atom. The Morgan fingerprint density at radius 2 is 1.93 bits per heavy atom. The predicted octanol–water partition coefficient (Wildman–Crippen LogP) is 4.08. The Kier molecular flexibility index (Phi) is 5.93. The Morgan fingerprint density at radius 3 is 2.52 bits per heavy atom. The molecule has 1 saturated carbocycles. The second-order valence-electron chi connectivity index (χ2n) is 8.31. The molecule has 5 nitrogen and oxygen atoms in total. The van der Waals surface area contributed by atoms with Gasteiger partial charge in [0.15, 0.2) is 0 Å². The summed E-state index contributed by atoms with van der Waals surface area (Å²) in [5, 5.41) is 0. The van der Waals surface area contributed by atoms with Crippen LogP contribution < -0.4 is 4.74 Å². The second-order valence-corrected chi connectivity index (χ2v) is 8.31. The van der Waals surface area contributed by atoms with Gasteiger partial charge in [0, 0.05) is 18.1 Å². The van der Waals surface area contributed by atoms with Crippen LogP contribution in [0.1, 0.15) is 51.5 Å². The quantitative estimate of drug-likeness (QED) is 0.559. The Labute approximate surface area is 172 Å². The molecule has 0 amide bonds. The molecule has 0 radical (unpaired) electrons. The van der Waals surface area contributed by atoms with E-state index < -0.39 is 17.8 Å². The van der Waals surface area contributed by atoms with Crippen LogP contribution in [0, 0.1) is 23.7 Å². The lowest BCUT2D eigenvalue weighted by Gasteiger charge is -2.41. The number of ketones is 1. The molecule has 3 rings (SSSR count). The Balaban J connectivity index is 2.11. The summed E-state index contributed by atoms with van der Waals surface area (Å²) < 4.78 is 10.5. The van der Waals surface area contributed by atoms with Crippen molar-refractivity contribution in [1.29, 1.82) is 0 Å². The number of fused-ring (bicyclic) bond motifs is 1. The lowest BCUT2D eigenvalue weighted by molar-refractivity contribution is -0.136. The summed E-state index contributed by atoms with van der Waals surface area (Å²) in [4.78, 5) is 30.7. The van der Waals surface area contributed by atoms with Crippen LogP contribution in [-0.2, 0) is 14.3 Å².